The van der Waals surface area contributed by atoms with E-state index in [1.807, 2.05) is 6.07 Å². The second kappa shape index (κ2) is 8.43. The fraction of sp³-hybridized carbons (Fsp3) is 0.0500. The summed E-state index contributed by atoms with van der Waals surface area (Å²) >= 11 is 0. The van der Waals surface area contributed by atoms with Crippen LogP contribution in [-0.2, 0) is 4.79 Å². The molecule has 6 nitrogen and oxygen atoms in total. The van der Waals surface area contributed by atoms with E-state index in [0.29, 0.717) is 22.7 Å². The molecule has 26 heavy (non-hydrogen) atoms. The molecule has 0 radical (unpaired) electrons. The number of amides is 2. The molecule has 2 aromatic carbocycles. The zero-order chi connectivity index (χ0) is 18.2. The van der Waals surface area contributed by atoms with Crippen molar-refractivity contribution in [1.82, 2.24) is 4.98 Å². The lowest BCUT2D eigenvalue weighted by Crippen LogP contribution is -2.20. The minimum atomic E-state index is -0.282. The summed E-state index contributed by atoms with van der Waals surface area (Å²) in [7, 11) is 0. The average molecular weight is 347 g/mol. The minimum absolute atomic E-state index is 0.140. The molecule has 1 heterocycles. The average Bonchev–Trinajstić information content (AvgIpc) is 2.68. The normalized spacial score (nSPS) is 10.0. The SMILES string of the molecule is O=C(COc1cccc(NC(=O)c2ccccc2)c1)Nc1ccncc1. The highest BCUT2D eigenvalue weighted by Crippen LogP contribution is 2.18. The van der Waals surface area contributed by atoms with Gasteiger partial charge in [0.1, 0.15) is 5.75 Å². The van der Waals surface area contributed by atoms with Gasteiger partial charge in [-0.1, -0.05) is 24.3 Å². The molecule has 3 rings (SSSR count). The zero-order valence-corrected chi connectivity index (χ0v) is 13.9. The van der Waals surface area contributed by atoms with Crippen LogP contribution < -0.4 is 15.4 Å². The zero-order valence-electron chi connectivity index (χ0n) is 13.9. The molecule has 0 saturated heterocycles. The summed E-state index contributed by atoms with van der Waals surface area (Å²) in [5.41, 5.74) is 1.80. The van der Waals surface area contributed by atoms with Crippen molar-refractivity contribution in [3.63, 3.8) is 0 Å². The van der Waals surface area contributed by atoms with Crippen molar-refractivity contribution in [3.05, 3.63) is 84.7 Å². The van der Waals surface area contributed by atoms with Crippen molar-refractivity contribution >= 4 is 23.2 Å². The number of anilines is 2. The topological polar surface area (TPSA) is 80.3 Å². The smallest absolute Gasteiger partial charge is 0.262 e. The van der Waals surface area contributed by atoms with Crippen LogP contribution in [0.1, 0.15) is 10.4 Å². The molecule has 0 aliphatic rings. The van der Waals surface area contributed by atoms with Crippen molar-refractivity contribution in [2.75, 3.05) is 17.2 Å². The van der Waals surface area contributed by atoms with Crippen molar-refractivity contribution < 1.29 is 14.3 Å². The summed E-state index contributed by atoms with van der Waals surface area (Å²) in [4.78, 5) is 28.0. The Kier molecular flexibility index (Phi) is 5.57. The van der Waals surface area contributed by atoms with Crippen LogP contribution in [0, 0.1) is 0 Å². The van der Waals surface area contributed by atoms with Gasteiger partial charge in [-0.2, -0.15) is 0 Å². The van der Waals surface area contributed by atoms with Crippen molar-refractivity contribution in [3.8, 4) is 5.75 Å². The van der Waals surface area contributed by atoms with Crippen molar-refractivity contribution in [2.45, 2.75) is 0 Å². The largest absolute Gasteiger partial charge is 0.484 e. The molecule has 3 aromatic rings. The fourth-order valence-electron chi connectivity index (χ4n) is 2.24. The van der Waals surface area contributed by atoms with E-state index in [1.54, 1.807) is 73.1 Å². The number of carbonyl (C=O) groups is 2. The summed E-state index contributed by atoms with van der Waals surface area (Å²) < 4.78 is 5.49. The van der Waals surface area contributed by atoms with Crippen molar-refractivity contribution in [2.24, 2.45) is 0 Å². The van der Waals surface area contributed by atoms with E-state index in [9.17, 15) is 9.59 Å². The number of aromatic nitrogens is 1. The Labute approximate surface area is 150 Å². The molecule has 0 atom stereocenters. The van der Waals surface area contributed by atoms with Crippen LogP contribution in [0.2, 0.25) is 0 Å². The van der Waals surface area contributed by atoms with Gasteiger partial charge < -0.3 is 15.4 Å². The van der Waals surface area contributed by atoms with E-state index in [4.69, 9.17) is 4.74 Å². The monoisotopic (exact) mass is 347 g/mol. The highest BCUT2D eigenvalue weighted by molar-refractivity contribution is 6.04. The van der Waals surface area contributed by atoms with Crippen LogP contribution in [-0.4, -0.2) is 23.4 Å². The molecular formula is C20H17N3O3. The maximum absolute atomic E-state index is 12.2. The fourth-order valence-corrected chi connectivity index (χ4v) is 2.24. The Morgan fingerprint density at radius 3 is 2.38 bits per heavy atom. The number of hydrogen-bond acceptors (Lipinski definition) is 4. The van der Waals surface area contributed by atoms with E-state index < -0.39 is 0 Å². The summed E-state index contributed by atoms with van der Waals surface area (Å²) in [5, 5.41) is 5.51. The summed E-state index contributed by atoms with van der Waals surface area (Å²) in [5.74, 6) is -0.00570. The first-order chi connectivity index (χ1) is 12.7. The third-order valence-electron chi connectivity index (χ3n) is 3.46. The van der Waals surface area contributed by atoms with Gasteiger partial charge in [-0.25, -0.2) is 0 Å². The van der Waals surface area contributed by atoms with Gasteiger partial charge >= 0.3 is 0 Å². The lowest BCUT2D eigenvalue weighted by molar-refractivity contribution is -0.118. The molecule has 0 fully saturated rings. The molecule has 0 unspecified atom stereocenters. The van der Waals surface area contributed by atoms with Gasteiger partial charge in [-0.15, -0.1) is 0 Å². The van der Waals surface area contributed by atoms with Gasteiger partial charge in [0.15, 0.2) is 6.61 Å². The van der Waals surface area contributed by atoms with E-state index in [1.165, 1.54) is 0 Å². The van der Waals surface area contributed by atoms with Crippen LogP contribution in [0.5, 0.6) is 5.75 Å². The number of nitrogens with one attached hydrogen (secondary N) is 2. The maximum atomic E-state index is 12.2. The van der Waals surface area contributed by atoms with E-state index in [-0.39, 0.29) is 18.4 Å². The molecule has 0 saturated carbocycles. The Morgan fingerprint density at radius 2 is 1.62 bits per heavy atom. The highest BCUT2D eigenvalue weighted by atomic mass is 16.5. The Balaban J connectivity index is 1.55. The second-order valence-electron chi connectivity index (χ2n) is 5.42. The number of ether oxygens (including phenoxy) is 1. The third kappa shape index (κ3) is 4.91. The first kappa shape index (κ1) is 17.2. The first-order valence-electron chi connectivity index (χ1n) is 8.00. The van der Waals surface area contributed by atoms with Gasteiger partial charge in [0.2, 0.25) is 0 Å². The van der Waals surface area contributed by atoms with Crippen LogP contribution in [0.4, 0.5) is 11.4 Å². The summed E-state index contributed by atoms with van der Waals surface area (Å²) in [6.07, 6.45) is 3.19. The predicted octanol–water partition coefficient (Wildman–Crippen LogP) is 3.35. The molecule has 0 aliphatic carbocycles. The van der Waals surface area contributed by atoms with E-state index >= 15 is 0 Å². The van der Waals surface area contributed by atoms with Crippen LogP contribution in [0.25, 0.3) is 0 Å². The summed E-state index contributed by atoms with van der Waals surface area (Å²) in [6.45, 7) is -0.140. The predicted molar refractivity (Wildman–Crippen MR) is 99.2 cm³/mol. The molecule has 2 amide bonds. The van der Waals surface area contributed by atoms with Crippen LogP contribution in [0.15, 0.2) is 79.1 Å². The quantitative estimate of drug-likeness (QED) is 0.716. The molecular weight excluding hydrogens is 330 g/mol. The van der Waals surface area contributed by atoms with Gasteiger partial charge in [-0.3, -0.25) is 14.6 Å². The standard InChI is InChI=1S/C20H17N3O3/c24-19(22-16-9-11-21-12-10-16)14-26-18-8-4-7-17(13-18)23-20(25)15-5-2-1-3-6-15/h1-13H,14H2,(H,23,25)(H,21,22,24). The first-order valence-corrected chi connectivity index (χ1v) is 8.00. The lowest BCUT2D eigenvalue weighted by atomic mass is 10.2. The lowest BCUT2D eigenvalue weighted by Gasteiger charge is -2.10. The molecule has 1 aromatic heterocycles. The number of benzene rings is 2. The minimum Gasteiger partial charge on any atom is -0.484 e. The number of carbonyl (C=O) groups excluding carboxylic acids is 2. The number of nitrogens with zero attached hydrogens (tertiary/aromatic N) is 1. The number of pyridine rings is 1. The molecule has 0 aliphatic heterocycles. The van der Waals surface area contributed by atoms with Gasteiger partial charge in [0.05, 0.1) is 0 Å². The number of rotatable bonds is 6. The van der Waals surface area contributed by atoms with Crippen LogP contribution in [0.3, 0.4) is 0 Å². The Morgan fingerprint density at radius 1 is 0.846 bits per heavy atom. The maximum Gasteiger partial charge on any atom is 0.262 e. The molecule has 6 heteroatoms. The van der Waals surface area contributed by atoms with Gasteiger partial charge in [-0.05, 0) is 36.4 Å². The van der Waals surface area contributed by atoms with E-state index in [2.05, 4.69) is 15.6 Å². The highest BCUT2D eigenvalue weighted by Gasteiger charge is 2.07. The Hall–Kier alpha value is -3.67. The second-order valence-corrected chi connectivity index (χ2v) is 5.42. The molecule has 0 spiro atoms. The van der Waals surface area contributed by atoms with Gasteiger partial charge in [0, 0.05) is 35.4 Å². The molecule has 0 bridgehead atoms. The molecule has 2 N–H and O–H groups in total. The third-order valence-corrected chi connectivity index (χ3v) is 3.46. The van der Waals surface area contributed by atoms with Gasteiger partial charge in [0.25, 0.3) is 11.8 Å². The van der Waals surface area contributed by atoms with Crippen molar-refractivity contribution in [1.29, 1.82) is 0 Å². The summed E-state index contributed by atoms with van der Waals surface area (Å²) in [6, 6.07) is 19.2. The van der Waals surface area contributed by atoms with Crippen LogP contribution >= 0.6 is 0 Å². The Bertz CT molecular complexity index is 883. The molecule has 130 valence electrons. The number of hydrogen-bond donors (Lipinski definition) is 2. The van der Waals surface area contributed by atoms with E-state index in [0.717, 1.165) is 0 Å².